The van der Waals surface area contributed by atoms with Crippen molar-refractivity contribution in [1.29, 1.82) is 0 Å². The number of amides is 3. The van der Waals surface area contributed by atoms with E-state index in [4.69, 9.17) is 4.74 Å². The van der Waals surface area contributed by atoms with Crippen LogP contribution in [-0.4, -0.2) is 61.0 Å². The molecular weight excluding hydrogens is 502 g/mol. The number of aryl methyl sites for hydroxylation is 1. The number of fused-ring (bicyclic) bond motifs is 1. The third-order valence-corrected chi connectivity index (χ3v) is 8.83. The zero-order valence-corrected chi connectivity index (χ0v) is 23.2. The van der Waals surface area contributed by atoms with Crippen LogP contribution in [0.25, 0.3) is 0 Å². The fraction of sp³-hybridized carbons (Fsp3) is 0.485. The van der Waals surface area contributed by atoms with Gasteiger partial charge in [0.15, 0.2) is 0 Å². The lowest BCUT2D eigenvalue weighted by atomic mass is 9.75. The van der Waals surface area contributed by atoms with Crippen LogP contribution in [0.15, 0.2) is 72.8 Å². The Balaban J connectivity index is 1.32. The van der Waals surface area contributed by atoms with E-state index in [1.807, 2.05) is 53.4 Å². The first-order valence-electron chi connectivity index (χ1n) is 14.7. The van der Waals surface area contributed by atoms with Gasteiger partial charge in [0.05, 0.1) is 5.41 Å². The van der Waals surface area contributed by atoms with E-state index in [9.17, 15) is 14.4 Å². The van der Waals surface area contributed by atoms with Crippen LogP contribution in [0.4, 0.5) is 0 Å². The van der Waals surface area contributed by atoms with Gasteiger partial charge in [-0.2, -0.15) is 0 Å². The number of hydrogen-bond acceptors (Lipinski definition) is 4. The lowest BCUT2D eigenvalue weighted by molar-refractivity contribution is -0.140. The van der Waals surface area contributed by atoms with Gasteiger partial charge in [0.25, 0.3) is 0 Å². The molecule has 0 aromatic heterocycles. The van der Waals surface area contributed by atoms with Crippen LogP contribution in [0.5, 0.6) is 0 Å². The average Bonchev–Trinajstić information content (AvgIpc) is 2.99. The summed E-state index contributed by atoms with van der Waals surface area (Å²) < 4.78 is 5.59. The highest BCUT2D eigenvalue weighted by Gasteiger charge is 2.41. The predicted octanol–water partition coefficient (Wildman–Crippen LogP) is 3.83. The Kier molecular flexibility index (Phi) is 9.32. The number of rotatable bonds is 5. The molecule has 0 radical (unpaired) electrons. The summed E-state index contributed by atoms with van der Waals surface area (Å²) in [5.74, 6) is 0.0715. The minimum absolute atomic E-state index is 0.0537. The average molecular weight is 544 g/mol. The monoisotopic (exact) mass is 543 g/mol. The number of allylic oxidation sites excluding steroid dienone is 2. The van der Waals surface area contributed by atoms with Crippen LogP contribution < -0.4 is 10.6 Å². The van der Waals surface area contributed by atoms with Crippen molar-refractivity contribution in [3.8, 4) is 0 Å². The molecule has 212 valence electrons. The fourth-order valence-electron chi connectivity index (χ4n) is 6.26. The third kappa shape index (κ3) is 7.00. The summed E-state index contributed by atoms with van der Waals surface area (Å²) in [6.45, 7) is 2.33. The maximum absolute atomic E-state index is 13.7. The van der Waals surface area contributed by atoms with Gasteiger partial charge in [-0.05, 0) is 49.7 Å². The third-order valence-electron chi connectivity index (χ3n) is 8.83. The number of nitrogens with one attached hydrogen (secondary N) is 2. The van der Waals surface area contributed by atoms with Crippen LogP contribution in [0.2, 0.25) is 0 Å². The SMILES string of the molecule is O=C1N[C@@H]2CCN(C(=O)CCc3ccccc3)C[C@@H]2C/C=C/CC2(CCOCC2)C(=O)N[C@H]1Cc1ccccc1. The molecular formula is C33H41N3O4. The first-order chi connectivity index (χ1) is 19.5. The number of benzene rings is 2. The topological polar surface area (TPSA) is 87.7 Å². The Hall–Kier alpha value is -3.45. The number of ether oxygens (including phenoxy) is 1. The van der Waals surface area contributed by atoms with Gasteiger partial charge in [0, 0.05) is 51.1 Å². The Bertz CT molecular complexity index is 1180. The summed E-state index contributed by atoms with van der Waals surface area (Å²) >= 11 is 0. The number of carbonyl (C=O) groups excluding carboxylic acids is 3. The largest absolute Gasteiger partial charge is 0.381 e. The molecule has 7 heteroatoms. The molecule has 0 saturated carbocycles. The summed E-state index contributed by atoms with van der Waals surface area (Å²) in [5.41, 5.74) is 1.60. The van der Waals surface area contributed by atoms with Crippen molar-refractivity contribution in [1.82, 2.24) is 15.5 Å². The number of hydrogen-bond donors (Lipinski definition) is 2. The zero-order chi connectivity index (χ0) is 27.8. The van der Waals surface area contributed by atoms with Crippen molar-refractivity contribution < 1.29 is 19.1 Å². The highest BCUT2D eigenvalue weighted by molar-refractivity contribution is 5.90. The molecule has 3 aliphatic heterocycles. The molecule has 3 heterocycles. The van der Waals surface area contributed by atoms with Gasteiger partial charge in [-0.25, -0.2) is 0 Å². The van der Waals surface area contributed by atoms with Crippen molar-refractivity contribution in [2.75, 3.05) is 26.3 Å². The molecule has 2 N–H and O–H groups in total. The van der Waals surface area contributed by atoms with Crippen LogP contribution in [0.1, 0.15) is 49.7 Å². The normalized spacial score (nSPS) is 26.0. The maximum atomic E-state index is 13.7. The molecule has 3 aliphatic rings. The van der Waals surface area contributed by atoms with Crippen LogP contribution >= 0.6 is 0 Å². The minimum atomic E-state index is -0.663. The van der Waals surface area contributed by atoms with Crippen LogP contribution in [0, 0.1) is 11.3 Å². The number of carbonyl (C=O) groups is 3. The van der Waals surface area contributed by atoms with Gasteiger partial charge in [-0.1, -0.05) is 72.8 Å². The van der Waals surface area contributed by atoms with Gasteiger partial charge in [-0.15, -0.1) is 0 Å². The van der Waals surface area contributed by atoms with E-state index >= 15 is 0 Å². The van der Waals surface area contributed by atoms with E-state index in [1.165, 1.54) is 5.56 Å². The molecule has 1 spiro atoms. The minimum Gasteiger partial charge on any atom is -0.381 e. The van der Waals surface area contributed by atoms with Gasteiger partial charge in [0.2, 0.25) is 17.7 Å². The maximum Gasteiger partial charge on any atom is 0.243 e. The lowest BCUT2D eigenvalue weighted by Crippen LogP contribution is -2.58. The molecule has 0 unspecified atom stereocenters. The summed E-state index contributed by atoms with van der Waals surface area (Å²) in [5, 5.41) is 6.43. The molecule has 5 rings (SSSR count). The summed E-state index contributed by atoms with van der Waals surface area (Å²) in [4.78, 5) is 42.5. The first kappa shape index (κ1) is 28.1. The zero-order valence-electron chi connectivity index (χ0n) is 23.2. The van der Waals surface area contributed by atoms with E-state index < -0.39 is 11.5 Å². The Morgan fingerprint density at radius 3 is 2.35 bits per heavy atom. The van der Waals surface area contributed by atoms with Crippen molar-refractivity contribution in [2.45, 2.75) is 63.5 Å². The Morgan fingerprint density at radius 2 is 1.62 bits per heavy atom. The van der Waals surface area contributed by atoms with Gasteiger partial charge in [-0.3, -0.25) is 14.4 Å². The number of piperidine rings is 1. The molecule has 40 heavy (non-hydrogen) atoms. The van der Waals surface area contributed by atoms with E-state index in [2.05, 4.69) is 34.9 Å². The summed E-state index contributed by atoms with van der Waals surface area (Å²) in [7, 11) is 0. The standard InChI is InChI=1S/C33H41N3O4/c37-30(15-14-25-9-3-1-4-10-25)36-20-16-28-27(24-36)13-7-8-17-33(18-21-40-22-19-33)32(39)35-29(31(38)34-28)23-26-11-5-2-6-12-26/h1-12,27-29H,13-24H2,(H,34,38)(H,35,39)/b8-7+/t27-,28+,29-/m0/s1. The van der Waals surface area contributed by atoms with Crippen molar-refractivity contribution >= 4 is 17.7 Å². The van der Waals surface area contributed by atoms with Crippen molar-refractivity contribution in [3.05, 3.63) is 83.9 Å². The molecule has 2 aromatic carbocycles. The van der Waals surface area contributed by atoms with Gasteiger partial charge in [0.1, 0.15) is 6.04 Å². The summed E-state index contributed by atoms with van der Waals surface area (Å²) in [6.07, 6.45) is 9.29. The molecule has 0 bridgehead atoms. The van der Waals surface area contributed by atoms with Crippen molar-refractivity contribution in [2.24, 2.45) is 11.3 Å². The highest BCUT2D eigenvalue weighted by Crippen LogP contribution is 2.36. The Labute approximate surface area is 237 Å². The molecule has 2 aromatic rings. The fourth-order valence-corrected chi connectivity index (χ4v) is 6.26. The summed E-state index contributed by atoms with van der Waals surface area (Å²) in [6, 6.07) is 19.2. The molecule has 0 aliphatic carbocycles. The quantitative estimate of drug-likeness (QED) is 0.562. The van der Waals surface area contributed by atoms with Gasteiger partial charge >= 0.3 is 0 Å². The molecule has 7 nitrogen and oxygen atoms in total. The number of likely N-dealkylation sites (tertiary alicyclic amines) is 1. The lowest BCUT2D eigenvalue weighted by Gasteiger charge is -2.40. The van der Waals surface area contributed by atoms with E-state index in [-0.39, 0.29) is 29.7 Å². The van der Waals surface area contributed by atoms with Crippen molar-refractivity contribution in [3.63, 3.8) is 0 Å². The van der Waals surface area contributed by atoms with E-state index in [0.717, 1.165) is 18.4 Å². The second-order valence-electron chi connectivity index (χ2n) is 11.5. The molecule has 2 fully saturated rings. The first-order valence-corrected chi connectivity index (χ1v) is 14.7. The number of nitrogens with zero attached hydrogens (tertiary/aromatic N) is 1. The van der Waals surface area contributed by atoms with Gasteiger partial charge < -0.3 is 20.3 Å². The smallest absolute Gasteiger partial charge is 0.243 e. The van der Waals surface area contributed by atoms with Crippen LogP contribution in [0.3, 0.4) is 0 Å². The van der Waals surface area contributed by atoms with E-state index in [0.29, 0.717) is 64.8 Å². The highest BCUT2D eigenvalue weighted by atomic mass is 16.5. The van der Waals surface area contributed by atoms with E-state index in [1.54, 1.807) is 0 Å². The Morgan fingerprint density at radius 1 is 0.925 bits per heavy atom. The van der Waals surface area contributed by atoms with Crippen LogP contribution in [-0.2, 0) is 32.0 Å². The second kappa shape index (κ2) is 13.3. The second-order valence-corrected chi connectivity index (χ2v) is 11.5. The molecule has 2 saturated heterocycles. The predicted molar refractivity (Wildman–Crippen MR) is 154 cm³/mol. The molecule has 3 amide bonds. The molecule has 3 atom stereocenters.